The SMILES string of the molecule is CCCNC(=O)c1nc(C(=O)Nc2cccc(F)c2)c2ccccn12. The van der Waals surface area contributed by atoms with E-state index < -0.39 is 11.7 Å². The summed E-state index contributed by atoms with van der Waals surface area (Å²) in [5, 5.41) is 5.35. The van der Waals surface area contributed by atoms with Crippen LogP contribution in [0.4, 0.5) is 10.1 Å². The Bertz CT molecular complexity index is 936. The van der Waals surface area contributed by atoms with Crippen LogP contribution in [-0.2, 0) is 0 Å². The number of hydrogen-bond acceptors (Lipinski definition) is 3. The Morgan fingerprint density at radius 1 is 1.16 bits per heavy atom. The maximum absolute atomic E-state index is 13.3. The molecule has 128 valence electrons. The van der Waals surface area contributed by atoms with Crippen molar-refractivity contribution in [2.24, 2.45) is 0 Å². The second-order valence-corrected chi connectivity index (χ2v) is 5.46. The van der Waals surface area contributed by atoms with E-state index >= 15 is 0 Å². The fourth-order valence-electron chi connectivity index (χ4n) is 2.44. The molecule has 0 aliphatic carbocycles. The summed E-state index contributed by atoms with van der Waals surface area (Å²) >= 11 is 0. The van der Waals surface area contributed by atoms with Gasteiger partial charge < -0.3 is 10.6 Å². The highest BCUT2D eigenvalue weighted by atomic mass is 19.1. The Kier molecular flexibility index (Phi) is 4.74. The topological polar surface area (TPSA) is 75.5 Å². The molecule has 2 N–H and O–H groups in total. The van der Waals surface area contributed by atoms with Gasteiger partial charge in [-0.2, -0.15) is 0 Å². The molecule has 0 aliphatic rings. The first kappa shape index (κ1) is 16.6. The van der Waals surface area contributed by atoms with Crippen molar-refractivity contribution in [2.45, 2.75) is 13.3 Å². The van der Waals surface area contributed by atoms with Gasteiger partial charge in [-0.15, -0.1) is 0 Å². The van der Waals surface area contributed by atoms with Crippen molar-refractivity contribution in [3.05, 3.63) is 66.0 Å². The van der Waals surface area contributed by atoms with E-state index in [9.17, 15) is 14.0 Å². The van der Waals surface area contributed by atoms with Crippen molar-refractivity contribution in [2.75, 3.05) is 11.9 Å². The van der Waals surface area contributed by atoms with Gasteiger partial charge in [0.25, 0.3) is 11.8 Å². The van der Waals surface area contributed by atoms with E-state index in [0.29, 0.717) is 17.7 Å². The molecular formula is C18H17FN4O2. The highest BCUT2D eigenvalue weighted by molar-refractivity contribution is 6.08. The van der Waals surface area contributed by atoms with Gasteiger partial charge in [0.2, 0.25) is 5.82 Å². The summed E-state index contributed by atoms with van der Waals surface area (Å²) in [5.74, 6) is -1.18. The lowest BCUT2D eigenvalue weighted by Gasteiger charge is -2.03. The second kappa shape index (κ2) is 7.12. The third kappa shape index (κ3) is 3.50. The minimum Gasteiger partial charge on any atom is -0.349 e. The number of hydrogen-bond donors (Lipinski definition) is 2. The minimum absolute atomic E-state index is 0.103. The third-order valence-electron chi connectivity index (χ3n) is 3.58. The molecule has 6 nitrogen and oxygen atoms in total. The zero-order valence-corrected chi connectivity index (χ0v) is 13.6. The van der Waals surface area contributed by atoms with E-state index in [0.717, 1.165) is 6.42 Å². The molecule has 0 fully saturated rings. The van der Waals surface area contributed by atoms with Crippen LogP contribution in [0.3, 0.4) is 0 Å². The lowest BCUT2D eigenvalue weighted by Crippen LogP contribution is -2.26. The van der Waals surface area contributed by atoms with Crippen LogP contribution in [0.1, 0.15) is 34.5 Å². The monoisotopic (exact) mass is 340 g/mol. The molecule has 2 heterocycles. The minimum atomic E-state index is -0.510. The van der Waals surface area contributed by atoms with Gasteiger partial charge >= 0.3 is 0 Å². The lowest BCUT2D eigenvalue weighted by molar-refractivity contribution is 0.0942. The van der Waals surface area contributed by atoms with Crippen molar-refractivity contribution in [3.63, 3.8) is 0 Å². The summed E-state index contributed by atoms with van der Waals surface area (Å²) in [6.45, 7) is 2.47. The Morgan fingerprint density at radius 3 is 2.76 bits per heavy atom. The number of carbonyl (C=O) groups excluding carboxylic acids is 2. The van der Waals surface area contributed by atoms with Gasteiger partial charge in [-0.1, -0.05) is 19.1 Å². The smallest absolute Gasteiger partial charge is 0.287 e. The first-order valence-electron chi connectivity index (χ1n) is 7.92. The standard InChI is InChI=1S/C18H17FN4O2/c1-2-9-20-18(25)16-22-15(14-8-3-4-10-23(14)16)17(24)21-13-7-5-6-12(19)11-13/h3-8,10-11H,2,9H2,1H3,(H,20,25)(H,21,24). The fourth-order valence-corrected chi connectivity index (χ4v) is 2.44. The van der Waals surface area contributed by atoms with E-state index in [2.05, 4.69) is 15.6 Å². The molecule has 0 bridgehead atoms. The molecule has 0 spiro atoms. The molecule has 1 aromatic carbocycles. The molecule has 0 aliphatic heterocycles. The Labute approximate surface area is 143 Å². The van der Waals surface area contributed by atoms with Crippen LogP contribution < -0.4 is 10.6 Å². The lowest BCUT2D eigenvalue weighted by atomic mass is 10.2. The molecule has 3 aromatic rings. The molecule has 25 heavy (non-hydrogen) atoms. The summed E-state index contributed by atoms with van der Waals surface area (Å²) in [6, 6.07) is 10.8. The largest absolute Gasteiger partial charge is 0.349 e. The van der Waals surface area contributed by atoms with E-state index in [4.69, 9.17) is 0 Å². The average molecular weight is 340 g/mol. The van der Waals surface area contributed by atoms with Gasteiger partial charge in [-0.3, -0.25) is 14.0 Å². The molecule has 3 rings (SSSR count). The summed E-state index contributed by atoms with van der Waals surface area (Å²) in [7, 11) is 0. The Morgan fingerprint density at radius 2 is 2.00 bits per heavy atom. The number of nitrogens with one attached hydrogen (secondary N) is 2. The first-order chi connectivity index (χ1) is 12.1. The molecule has 0 atom stereocenters. The number of anilines is 1. The van der Waals surface area contributed by atoms with Crippen LogP contribution in [0.5, 0.6) is 0 Å². The number of pyridine rings is 1. The van der Waals surface area contributed by atoms with Gasteiger partial charge in [0.05, 0.1) is 5.52 Å². The number of rotatable bonds is 5. The van der Waals surface area contributed by atoms with E-state index in [1.54, 1.807) is 34.9 Å². The highest BCUT2D eigenvalue weighted by Gasteiger charge is 2.21. The Hall–Kier alpha value is -3.22. The molecule has 0 radical (unpaired) electrons. The van der Waals surface area contributed by atoms with Gasteiger partial charge in [-0.25, -0.2) is 9.37 Å². The summed E-state index contributed by atoms with van der Waals surface area (Å²) < 4.78 is 14.8. The quantitative estimate of drug-likeness (QED) is 0.750. The van der Waals surface area contributed by atoms with Crippen LogP contribution >= 0.6 is 0 Å². The number of fused-ring (bicyclic) bond motifs is 1. The molecule has 0 unspecified atom stereocenters. The summed E-state index contributed by atoms with van der Waals surface area (Å²) in [5.41, 5.74) is 0.920. The molecule has 2 aromatic heterocycles. The van der Waals surface area contributed by atoms with E-state index in [-0.39, 0.29) is 17.4 Å². The summed E-state index contributed by atoms with van der Waals surface area (Å²) in [6.07, 6.45) is 2.46. The highest BCUT2D eigenvalue weighted by Crippen LogP contribution is 2.16. The van der Waals surface area contributed by atoms with Gasteiger partial charge in [0, 0.05) is 18.4 Å². The van der Waals surface area contributed by atoms with Crippen LogP contribution in [0, 0.1) is 5.82 Å². The summed E-state index contributed by atoms with van der Waals surface area (Å²) in [4.78, 5) is 29.0. The molecule has 0 saturated heterocycles. The van der Waals surface area contributed by atoms with Crippen molar-refractivity contribution in [3.8, 4) is 0 Å². The Balaban J connectivity index is 1.96. The first-order valence-corrected chi connectivity index (χ1v) is 7.92. The van der Waals surface area contributed by atoms with Gasteiger partial charge in [-0.05, 0) is 36.8 Å². The van der Waals surface area contributed by atoms with Crippen molar-refractivity contribution < 1.29 is 14.0 Å². The van der Waals surface area contributed by atoms with Crippen LogP contribution in [-0.4, -0.2) is 27.7 Å². The number of amides is 2. The zero-order valence-electron chi connectivity index (χ0n) is 13.6. The zero-order chi connectivity index (χ0) is 17.8. The van der Waals surface area contributed by atoms with Crippen LogP contribution in [0.15, 0.2) is 48.7 Å². The third-order valence-corrected chi connectivity index (χ3v) is 3.58. The number of carbonyl (C=O) groups is 2. The van der Waals surface area contributed by atoms with E-state index in [1.165, 1.54) is 18.2 Å². The van der Waals surface area contributed by atoms with Gasteiger partial charge in [0.15, 0.2) is 5.69 Å². The normalized spacial score (nSPS) is 10.6. The molecule has 0 saturated carbocycles. The van der Waals surface area contributed by atoms with Crippen molar-refractivity contribution in [1.82, 2.24) is 14.7 Å². The van der Waals surface area contributed by atoms with Crippen LogP contribution in [0.25, 0.3) is 5.52 Å². The van der Waals surface area contributed by atoms with Crippen molar-refractivity contribution >= 4 is 23.0 Å². The van der Waals surface area contributed by atoms with Crippen molar-refractivity contribution in [1.29, 1.82) is 0 Å². The maximum Gasteiger partial charge on any atom is 0.287 e. The number of halogens is 1. The number of nitrogens with zero attached hydrogens (tertiary/aromatic N) is 2. The second-order valence-electron chi connectivity index (χ2n) is 5.46. The van der Waals surface area contributed by atoms with Crippen LogP contribution in [0.2, 0.25) is 0 Å². The average Bonchev–Trinajstić information content (AvgIpc) is 2.99. The van der Waals surface area contributed by atoms with E-state index in [1.807, 2.05) is 6.92 Å². The predicted octanol–water partition coefficient (Wildman–Crippen LogP) is 2.87. The fraction of sp³-hybridized carbons (Fsp3) is 0.167. The predicted molar refractivity (Wildman–Crippen MR) is 92.2 cm³/mol. The number of aromatic nitrogens is 2. The molecule has 7 heteroatoms. The molecular weight excluding hydrogens is 323 g/mol. The molecule has 2 amide bonds. The number of imidazole rings is 1. The number of benzene rings is 1. The maximum atomic E-state index is 13.3. The van der Waals surface area contributed by atoms with Gasteiger partial charge in [0.1, 0.15) is 5.82 Å².